The van der Waals surface area contributed by atoms with Crippen LogP contribution in [0.2, 0.25) is 5.02 Å². The standard InChI is InChI=1S/C18H15ClN2O7/c19-14-7-11(21(24)25)5-6-13(14)18(23)27-10-17(22)20-8-12-9-26-15-3-1-2-4-16(15)28-12/h1-7,12H,8-10H2,(H,20,22). The smallest absolute Gasteiger partial charge is 0.340 e. The Bertz CT molecular complexity index is 919. The molecule has 2 aromatic rings. The molecule has 0 saturated carbocycles. The molecule has 10 heteroatoms. The first-order valence-corrected chi connectivity index (χ1v) is 8.58. The SMILES string of the molecule is O=C(COC(=O)c1ccc([N+](=O)[O-])cc1Cl)NCC1COc2ccccc2O1. The molecule has 1 atom stereocenters. The van der Waals surface area contributed by atoms with Crippen molar-refractivity contribution in [1.82, 2.24) is 5.32 Å². The third kappa shape index (κ3) is 4.68. The first-order valence-electron chi connectivity index (χ1n) is 8.20. The molecular formula is C18H15ClN2O7. The number of fused-ring (bicyclic) bond motifs is 1. The zero-order valence-corrected chi connectivity index (χ0v) is 15.2. The van der Waals surface area contributed by atoms with Gasteiger partial charge in [-0.25, -0.2) is 4.79 Å². The number of halogens is 1. The molecule has 0 aliphatic carbocycles. The van der Waals surface area contributed by atoms with Crippen LogP contribution in [0.15, 0.2) is 42.5 Å². The van der Waals surface area contributed by atoms with Gasteiger partial charge in [-0.2, -0.15) is 0 Å². The lowest BCUT2D eigenvalue weighted by molar-refractivity contribution is -0.384. The minimum absolute atomic E-state index is 0.0688. The number of nitro benzene ring substituents is 1. The number of carbonyl (C=O) groups is 2. The topological polar surface area (TPSA) is 117 Å². The van der Waals surface area contributed by atoms with Crippen LogP contribution in [0.5, 0.6) is 11.5 Å². The van der Waals surface area contributed by atoms with Gasteiger partial charge in [0.05, 0.1) is 22.1 Å². The third-order valence-corrected chi connectivity index (χ3v) is 4.12. The second-order valence-corrected chi connectivity index (χ2v) is 6.21. The number of hydrogen-bond donors (Lipinski definition) is 1. The summed E-state index contributed by atoms with van der Waals surface area (Å²) < 4.78 is 16.1. The van der Waals surface area contributed by atoms with Crippen LogP contribution in [0.3, 0.4) is 0 Å². The van der Waals surface area contributed by atoms with Crippen molar-refractivity contribution in [2.45, 2.75) is 6.10 Å². The predicted octanol–water partition coefficient (Wildman–Crippen LogP) is 2.36. The molecule has 1 heterocycles. The zero-order chi connectivity index (χ0) is 20.1. The van der Waals surface area contributed by atoms with Crippen molar-refractivity contribution in [3.63, 3.8) is 0 Å². The summed E-state index contributed by atoms with van der Waals surface area (Å²) in [7, 11) is 0. The largest absolute Gasteiger partial charge is 0.486 e. The summed E-state index contributed by atoms with van der Waals surface area (Å²) in [6.45, 7) is -0.0885. The Morgan fingerprint density at radius 1 is 1.25 bits per heavy atom. The second kappa shape index (κ2) is 8.57. The maximum Gasteiger partial charge on any atom is 0.340 e. The zero-order valence-electron chi connectivity index (χ0n) is 14.4. The molecule has 0 fully saturated rings. The van der Waals surface area contributed by atoms with Gasteiger partial charge in [-0.05, 0) is 18.2 Å². The van der Waals surface area contributed by atoms with Gasteiger partial charge in [-0.1, -0.05) is 23.7 Å². The minimum Gasteiger partial charge on any atom is -0.486 e. The van der Waals surface area contributed by atoms with Crippen molar-refractivity contribution in [2.75, 3.05) is 19.8 Å². The van der Waals surface area contributed by atoms with E-state index in [0.29, 0.717) is 11.5 Å². The van der Waals surface area contributed by atoms with Gasteiger partial charge in [0, 0.05) is 12.1 Å². The number of nitrogens with one attached hydrogen (secondary N) is 1. The van der Waals surface area contributed by atoms with E-state index in [0.717, 1.165) is 12.1 Å². The summed E-state index contributed by atoms with van der Waals surface area (Å²) in [5.74, 6) is -0.165. The van der Waals surface area contributed by atoms with Gasteiger partial charge in [0.2, 0.25) is 0 Å². The number of nitrogens with zero attached hydrogens (tertiary/aromatic N) is 1. The summed E-state index contributed by atoms with van der Waals surface area (Å²) in [5.41, 5.74) is -0.323. The molecule has 0 bridgehead atoms. The monoisotopic (exact) mass is 406 g/mol. The van der Waals surface area contributed by atoms with E-state index in [-0.39, 0.29) is 35.5 Å². The highest BCUT2D eigenvalue weighted by Crippen LogP contribution is 2.30. The Labute approximate surface area is 164 Å². The summed E-state index contributed by atoms with van der Waals surface area (Å²) in [6, 6.07) is 10.5. The normalized spacial score (nSPS) is 14.8. The molecule has 3 rings (SSSR count). The molecule has 1 N–H and O–H groups in total. The van der Waals surface area contributed by atoms with Gasteiger partial charge in [-0.15, -0.1) is 0 Å². The molecule has 146 valence electrons. The number of esters is 1. The van der Waals surface area contributed by atoms with Crippen LogP contribution < -0.4 is 14.8 Å². The quantitative estimate of drug-likeness (QED) is 0.444. The van der Waals surface area contributed by atoms with Crippen molar-refractivity contribution in [1.29, 1.82) is 0 Å². The molecule has 0 radical (unpaired) electrons. The van der Waals surface area contributed by atoms with E-state index in [1.54, 1.807) is 12.1 Å². The van der Waals surface area contributed by atoms with Crippen molar-refractivity contribution >= 4 is 29.2 Å². The number of benzene rings is 2. The van der Waals surface area contributed by atoms with Crippen molar-refractivity contribution in [3.05, 3.63) is 63.2 Å². The number of rotatable bonds is 6. The molecule has 0 saturated heterocycles. The van der Waals surface area contributed by atoms with Gasteiger partial charge in [0.25, 0.3) is 11.6 Å². The summed E-state index contributed by atoms with van der Waals surface area (Å²) >= 11 is 5.85. The van der Waals surface area contributed by atoms with Crippen molar-refractivity contribution in [2.24, 2.45) is 0 Å². The Kier molecular flexibility index (Phi) is 5.95. The van der Waals surface area contributed by atoms with E-state index in [9.17, 15) is 19.7 Å². The van der Waals surface area contributed by atoms with Crippen LogP contribution in [-0.2, 0) is 9.53 Å². The highest BCUT2D eigenvalue weighted by molar-refractivity contribution is 6.33. The molecule has 9 nitrogen and oxygen atoms in total. The van der Waals surface area contributed by atoms with Gasteiger partial charge in [0.1, 0.15) is 12.7 Å². The summed E-state index contributed by atoms with van der Waals surface area (Å²) in [6.07, 6.45) is -0.376. The van der Waals surface area contributed by atoms with Gasteiger partial charge >= 0.3 is 5.97 Å². The van der Waals surface area contributed by atoms with Crippen LogP contribution in [0.4, 0.5) is 5.69 Å². The Morgan fingerprint density at radius 2 is 2.00 bits per heavy atom. The number of hydrogen-bond acceptors (Lipinski definition) is 7. The van der Waals surface area contributed by atoms with E-state index in [1.165, 1.54) is 6.07 Å². The third-order valence-electron chi connectivity index (χ3n) is 3.81. The van der Waals surface area contributed by atoms with Crippen molar-refractivity contribution < 1.29 is 28.7 Å². The van der Waals surface area contributed by atoms with E-state index >= 15 is 0 Å². The second-order valence-electron chi connectivity index (χ2n) is 5.80. The van der Waals surface area contributed by atoms with Crippen molar-refractivity contribution in [3.8, 4) is 11.5 Å². The average molecular weight is 407 g/mol. The van der Waals surface area contributed by atoms with Gasteiger partial charge in [0.15, 0.2) is 18.1 Å². The maximum atomic E-state index is 12.0. The molecular weight excluding hydrogens is 392 g/mol. The fourth-order valence-corrected chi connectivity index (χ4v) is 2.69. The molecule has 1 unspecified atom stereocenters. The molecule has 1 amide bonds. The summed E-state index contributed by atoms with van der Waals surface area (Å²) in [4.78, 5) is 33.9. The number of carbonyl (C=O) groups excluding carboxylic acids is 2. The fourth-order valence-electron chi connectivity index (χ4n) is 2.43. The molecule has 0 spiro atoms. The van der Waals surface area contributed by atoms with E-state index in [4.69, 9.17) is 25.8 Å². The van der Waals surface area contributed by atoms with E-state index < -0.39 is 23.4 Å². The van der Waals surface area contributed by atoms with Crippen LogP contribution in [0, 0.1) is 10.1 Å². The number of para-hydroxylation sites is 2. The number of amides is 1. The maximum absolute atomic E-state index is 12.0. The number of ether oxygens (including phenoxy) is 3. The van der Waals surface area contributed by atoms with Crippen LogP contribution >= 0.6 is 11.6 Å². The lowest BCUT2D eigenvalue weighted by Gasteiger charge is -2.26. The molecule has 1 aliphatic rings. The lowest BCUT2D eigenvalue weighted by atomic mass is 10.2. The highest BCUT2D eigenvalue weighted by Gasteiger charge is 2.22. The molecule has 28 heavy (non-hydrogen) atoms. The van der Waals surface area contributed by atoms with E-state index in [2.05, 4.69) is 5.32 Å². The molecule has 2 aromatic carbocycles. The Morgan fingerprint density at radius 3 is 2.71 bits per heavy atom. The lowest BCUT2D eigenvalue weighted by Crippen LogP contribution is -2.42. The first kappa shape index (κ1) is 19.4. The Balaban J connectivity index is 1.46. The van der Waals surface area contributed by atoms with E-state index in [1.807, 2.05) is 12.1 Å². The van der Waals surface area contributed by atoms with Crippen LogP contribution in [0.1, 0.15) is 10.4 Å². The predicted molar refractivity (Wildman–Crippen MR) is 97.8 cm³/mol. The minimum atomic E-state index is -0.860. The fraction of sp³-hybridized carbons (Fsp3) is 0.222. The Hall–Kier alpha value is -3.33. The average Bonchev–Trinajstić information content (AvgIpc) is 2.70. The first-order chi connectivity index (χ1) is 13.4. The van der Waals surface area contributed by atoms with Gasteiger partial charge in [-0.3, -0.25) is 14.9 Å². The summed E-state index contributed by atoms with van der Waals surface area (Å²) in [5, 5.41) is 13.1. The molecule has 0 aromatic heterocycles. The highest BCUT2D eigenvalue weighted by atomic mass is 35.5. The van der Waals surface area contributed by atoms with Crippen LogP contribution in [-0.4, -0.2) is 42.7 Å². The van der Waals surface area contributed by atoms with Crippen LogP contribution in [0.25, 0.3) is 0 Å². The number of non-ortho nitro benzene ring substituents is 1. The number of nitro groups is 1. The van der Waals surface area contributed by atoms with Gasteiger partial charge < -0.3 is 19.5 Å². The molecule has 1 aliphatic heterocycles.